The number of halogens is 1. The van der Waals surface area contributed by atoms with Crippen LogP contribution in [0.25, 0.3) is 0 Å². The molecule has 1 aliphatic heterocycles. The maximum atomic E-state index is 12.5. The highest BCUT2D eigenvalue weighted by Crippen LogP contribution is 2.36. The molecule has 5 nitrogen and oxygen atoms in total. The molecule has 2 aliphatic rings. The Hall–Kier alpha value is -1.46. The van der Waals surface area contributed by atoms with Crippen LogP contribution in [0.2, 0.25) is 0 Å². The average Bonchev–Trinajstić information content (AvgIpc) is 3.06. The summed E-state index contributed by atoms with van der Waals surface area (Å²) in [5.41, 5.74) is 6.74. The maximum Gasteiger partial charge on any atom is 0.253 e. The number of nitrogens with zero attached hydrogens (tertiary/aromatic N) is 1. The van der Waals surface area contributed by atoms with Crippen molar-refractivity contribution in [2.75, 3.05) is 25.4 Å². The van der Waals surface area contributed by atoms with Gasteiger partial charge in [0.05, 0.1) is 5.56 Å². The van der Waals surface area contributed by atoms with Gasteiger partial charge in [-0.15, -0.1) is 12.4 Å². The smallest absolute Gasteiger partial charge is 0.253 e. The van der Waals surface area contributed by atoms with Crippen LogP contribution < -0.4 is 11.1 Å². The van der Waals surface area contributed by atoms with Gasteiger partial charge in [0, 0.05) is 17.8 Å². The molecule has 0 bridgehead atoms. The molecule has 1 saturated heterocycles. The minimum atomic E-state index is -0.193. The lowest BCUT2D eigenvalue weighted by atomic mass is 9.92. The lowest BCUT2D eigenvalue weighted by Gasteiger charge is -2.43. The summed E-state index contributed by atoms with van der Waals surface area (Å²) >= 11 is 0. The van der Waals surface area contributed by atoms with Gasteiger partial charge in [-0.2, -0.15) is 0 Å². The highest BCUT2D eigenvalue weighted by molar-refractivity contribution is 5.99. The summed E-state index contributed by atoms with van der Waals surface area (Å²) in [6.07, 6.45) is 8.62. The van der Waals surface area contributed by atoms with Crippen LogP contribution in [0.5, 0.6) is 5.75 Å². The zero-order valence-corrected chi connectivity index (χ0v) is 14.9. The Morgan fingerprint density at radius 3 is 2.50 bits per heavy atom. The number of aromatic hydroxyl groups is 1. The topological polar surface area (TPSA) is 78.6 Å². The fraction of sp³-hybridized carbons (Fsp3) is 0.611. The van der Waals surface area contributed by atoms with Gasteiger partial charge in [-0.05, 0) is 57.0 Å². The molecule has 1 aromatic rings. The molecule has 6 heteroatoms. The predicted octanol–water partition coefficient (Wildman–Crippen LogP) is 2.92. The molecule has 1 aliphatic carbocycles. The number of nitrogens with two attached hydrogens (primary N) is 1. The minimum absolute atomic E-state index is 0. The third-order valence-corrected chi connectivity index (χ3v) is 5.42. The third-order valence-electron chi connectivity index (χ3n) is 5.42. The molecule has 0 radical (unpaired) electrons. The Kier molecular flexibility index (Phi) is 6.35. The van der Waals surface area contributed by atoms with Gasteiger partial charge in [0.15, 0.2) is 0 Å². The number of anilines is 1. The van der Waals surface area contributed by atoms with E-state index in [-0.39, 0.29) is 29.6 Å². The number of likely N-dealkylation sites (tertiary alicyclic amines) is 1. The van der Waals surface area contributed by atoms with Gasteiger partial charge in [-0.1, -0.05) is 19.3 Å². The summed E-state index contributed by atoms with van der Waals surface area (Å²) in [5, 5.41) is 12.7. The normalized spacial score (nSPS) is 20.3. The lowest BCUT2D eigenvalue weighted by molar-refractivity contribution is 0.0643. The highest BCUT2D eigenvalue weighted by Gasteiger charge is 2.40. The number of hydrogen-bond donors (Lipinski definition) is 3. The van der Waals surface area contributed by atoms with E-state index in [1.54, 1.807) is 6.07 Å². The van der Waals surface area contributed by atoms with Crippen molar-refractivity contribution in [3.8, 4) is 5.75 Å². The van der Waals surface area contributed by atoms with Crippen molar-refractivity contribution in [3.05, 3.63) is 23.8 Å². The molecule has 1 amide bonds. The van der Waals surface area contributed by atoms with Gasteiger partial charge in [-0.25, -0.2) is 0 Å². The van der Waals surface area contributed by atoms with Crippen molar-refractivity contribution < 1.29 is 9.90 Å². The first-order valence-corrected chi connectivity index (χ1v) is 8.72. The standard InChI is InChI=1S/C18H27N3O2.ClH/c19-16-7-6-14(22)12-15(16)17(23)20-13-18(8-2-3-9-18)21-10-4-1-5-11-21;/h6-7,12,22H,1-5,8-11,13,19H2,(H,20,23);1H. The molecule has 0 atom stereocenters. The molecule has 134 valence electrons. The number of rotatable bonds is 4. The van der Waals surface area contributed by atoms with Crippen molar-refractivity contribution in [2.24, 2.45) is 0 Å². The first-order valence-electron chi connectivity index (χ1n) is 8.72. The number of phenolic OH excluding ortho intramolecular Hbond substituents is 1. The fourth-order valence-corrected chi connectivity index (χ4v) is 4.09. The van der Waals surface area contributed by atoms with Gasteiger partial charge >= 0.3 is 0 Å². The number of benzene rings is 1. The minimum Gasteiger partial charge on any atom is -0.508 e. The highest BCUT2D eigenvalue weighted by atomic mass is 35.5. The second-order valence-corrected chi connectivity index (χ2v) is 6.93. The van der Waals surface area contributed by atoms with Crippen LogP contribution >= 0.6 is 12.4 Å². The molecular formula is C18H28ClN3O2. The second-order valence-electron chi connectivity index (χ2n) is 6.93. The first-order chi connectivity index (χ1) is 11.1. The Morgan fingerprint density at radius 1 is 1.17 bits per heavy atom. The lowest BCUT2D eigenvalue weighted by Crippen LogP contribution is -2.55. The zero-order chi connectivity index (χ0) is 16.3. The molecule has 0 unspecified atom stereocenters. The largest absolute Gasteiger partial charge is 0.508 e. The van der Waals surface area contributed by atoms with Gasteiger partial charge < -0.3 is 16.2 Å². The number of nitrogen functional groups attached to an aromatic ring is 1. The van der Waals surface area contributed by atoms with E-state index in [1.165, 1.54) is 44.2 Å². The number of hydrogen-bond acceptors (Lipinski definition) is 4. The Balaban J connectivity index is 0.00000208. The molecule has 1 heterocycles. The van der Waals surface area contributed by atoms with E-state index in [0.29, 0.717) is 17.8 Å². The molecule has 1 saturated carbocycles. The zero-order valence-electron chi connectivity index (χ0n) is 14.1. The SMILES string of the molecule is Cl.Nc1ccc(O)cc1C(=O)NCC1(N2CCCCC2)CCCC1. The Labute approximate surface area is 150 Å². The number of carbonyl (C=O) groups excluding carboxylic acids is 1. The first kappa shape index (κ1) is 18.9. The molecule has 1 aromatic carbocycles. The van der Waals surface area contributed by atoms with Gasteiger partial charge in [0.2, 0.25) is 0 Å². The van der Waals surface area contributed by atoms with Crippen molar-refractivity contribution >= 4 is 24.0 Å². The van der Waals surface area contributed by atoms with Crippen LogP contribution in [0.4, 0.5) is 5.69 Å². The maximum absolute atomic E-state index is 12.5. The number of piperidine rings is 1. The molecule has 24 heavy (non-hydrogen) atoms. The van der Waals surface area contributed by atoms with Crippen molar-refractivity contribution in [1.29, 1.82) is 0 Å². The van der Waals surface area contributed by atoms with Gasteiger partial charge in [0.1, 0.15) is 5.75 Å². The molecule has 2 fully saturated rings. The van der Waals surface area contributed by atoms with Crippen molar-refractivity contribution in [1.82, 2.24) is 10.2 Å². The Bertz CT molecular complexity index is 567. The van der Waals surface area contributed by atoms with E-state index < -0.39 is 0 Å². The second kappa shape index (κ2) is 8.08. The number of carbonyl (C=O) groups is 1. The van der Waals surface area contributed by atoms with E-state index >= 15 is 0 Å². The van der Waals surface area contributed by atoms with Crippen LogP contribution in [0.3, 0.4) is 0 Å². The molecule has 0 spiro atoms. The van der Waals surface area contributed by atoms with E-state index in [0.717, 1.165) is 25.9 Å². The van der Waals surface area contributed by atoms with E-state index in [4.69, 9.17) is 5.73 Å². The van der Waals surface area contributed by atoms with Crippen LogP contribution in [0.15, 0.2) is 18.2 Å². The predicted molar refractivity (Wildman–Crippen MR) is 98.7 cm³/mol. The van der Waals surface area contributed by atoms with Gasteiger partial charge in [-0.3, -0.25) is 9.69 Å². The molecule has 3 rings (SSSR count). The van der Waals surface area contributed by atoms with E-state index in [2.05, 4.69) is 10.2 Å². The molecular weight excluding hydrogens is 326 g/mol. The number of amides is 1. The summed E-state index contributed by atoms with van der Waals surface area (Å²) in [7, 11) is 0. The number of nitrogens with one attached hydrogen (secondary N) is 1. The van der Waals surface area contributed by atoms with Crippen molar-refractivity contribution in [3.63, 3.8) is 0 Å². The summed E-state index contributed by atoms with van der Waals surface area (Å²) < 4.78 is 0. The quantitative estimate of drug-likeness (QED) is 0.574. The summed E-state index contributed by atoms with van der Waals surface area (Å²) in [6.45, 7) is 2.95. The molecule has 4 N–H and O–H groups in total. The van der Waals surface area contributed by atoms with Crippen molar-refractivity contribution in [2.45, 2.75) is 50.5 Å². The van der Waals surface area contributed by atoms with Crippen LogP contribution in [-0.4, -0.2) is 41.1 Å². The van der Waals surface area contributed by atoms with Crippen LogP contribution in [-0.2, 0) is 0 Å². The summed E-state index contributed by atoms with van der Waals surface area (Å²) in [4.78, 5) is 15.1. The van der Waals surface area contributed by atoms with Crippen LogP contribution in [0, 0.1) is 0 Å². The van der Waals surface area contributed by atoms with E-state index in [9.17, 15) is 9.90 Å². The van der Waals surface area contributed by atoms with Crippen LogP contribution in [0.1, 0.15) is 55.3 Å². The summed E-state index contributed by atoms with van der Waals surface area (Å²) in [5.74, 6) is -0.127. The average molecular weight is 354 g/mol. The van der Waals surface area contributed by atoms with Gasteiger partial charge in [0.25, 0.3) is 5.91 Å². The monoisotopic (exact) mass is 353 g/mol. The summed E-state index contributed by atoms with van der Waals surface area (Å²) in [6, 6.07) is 4.51. The number of phenols is 1. The fourth-order valence-electron chi connectivity index (χ4n) is 4.09. The van der Waals surface area contributed by atoms with E-state index in [1.807, 2.05) is 0 Å². The molecule has 0 aromatic heterocycles. The Morgan fingerprint density at radius 2 is 1.83 bits per heavy atom. The third kappa shape index (κ3) is 3.95.